The molecular weight excluding hydrogens is 446 g/mol. The van der Waals surface area contributed by atoms with Crippen molar-refractivity contribution in [2.45, 2.75) is 13.1 Å². The highest BCUT2D eigenvalue weighted by Crippen LogP contribution is 2.37. The average Bonchev–Trinajstić information content (AvgIpc) is 2.68. The van der Waals surface area contributed by atoms with Gasteiger partial charge >= 0.3 is 6.18 Å². The lowest BCUT2D eigenvalue weighted by Crippen LogP contribution is -2.13. The van der Waals surface area contributed by atoms with Crippen LogP contribution in [0.15, 0.2) is 48.7 Å². The maximum atomic E-state index is 13.5. The Hall–Kier alpha value is -3.46. The summed E-state index contributed by atoms with van der Waals surface area (Å²) in [6.45, 7) is 4.78. The number of aryl methyl sites for hydroxylation is 1. The molecule has 2 aromatic carbocycles. The van der Waals surface area contributed by atoms with Gasteiger partial charge in [0.15, 0.2) is 0 Å². The Labute approximate surface area is 181 Å². The third kappa shape index (κ3) is 5.42. The van der Waals surface area contributed by atoms with Gasteiger partial charge in [0.1, 0.15) is 18.5 Å². The van der Waals surface area contributed by atoms with E-state index in [1.54, 1.807) is 37.6 Å². The van der Waals surface area contributed by atoms with E-state index < -0.39 is 29.6 Å². The Morgan fingerprint density at radius 1 is 1.03 bits per heavy atom. The first-order valence-corrected chi connectivity index (χ1v) is 11.8. The molecule has 8 nitrogen and oxygen atoms in total. The molecule has 32 heavy (non-hydrogen) atoms. The van der Waals surface area contributed by atoms with Crippen LogP contribution < -0.4 is 15.9 Å². The molecule has 2 N–H and O–H groups in total. The van der Waals surface area contributed by atoms with Gasteiger partial charge in [0, 0.05) is 34.5 Å². The van der Waals surface area contributed by atoms with Crippen LogP contribution in [0.2, 0.25) is 0 Å². The van der Waals surface area contributed by atoms with Gasteiger partial charge in [-0.1, -0.05) is 6.07 Å². The second kappa shape index (κ2) is 8.58. The molecule has 0 aliphatic carbocycles. The summed E-state index contributed by atoms with van der Waals surface area (Å²) in [5.74, 6) is -0.678. The number of nitro benzene ring substituents is 1. The van der Waals surface area contributed by atoms with Crippen molar-refractivity contribution < 1.29 is 22.7 Å². The molecule has 0 bridgehead atoms. The van der Waals surface area contributed by atoms with Crippen molar-refractivity contribution in [2.24, 2.45) is 0 Å². The summed E-state index contributed by atoms with van der Waals surface area (Å²) in [5, 5.41) is 17.1. The molecule has 0 saturated heterocycles. The molecule has 0 spiro atoms. The van der Waals surface area contributed by atoms with Crippen LogP contribution in [0.4, 0.5) is 42.0 Å². The van der Waals surface area contributed by atoms with Crippen molar-refractivity contribution in [3.05, 3.63) is 69.9 Å². The molecule has 12 heteroatoms. The highest BCUT2D eigenvalue weighted by molar-refractivity contribution is 7.70. The minimum atomic E-state index is -4.75. The normalized spacial score (nSPS) is 11.8. The van der Waals surface area contributed by atoms with Gasteiger partial charge in [0.05, 0.1) is 4.92 Å². The Morgan fingerprint density at radius 3 is 2.22 bits per heavy atom. The Morgan fingerprint density at radius 2 is 1.66 bits per heavy atom. The number of rotatable bonds is 6. The van der Waals surface area contributed by atoms with E-state index in [2.05, 4.69) is 20.6 Å². The van der Waals surface area contributed by atoms with Crippen LogP contribution in [0.25, 0.3) is 0 Å². The number of aromatic nitrogens is 2. The first-order valence-electron chi connectivity index (χ1n) is 9.23. The second-order valence-electron chi connectivity index (χ2n) is 7.36. The highest BCUT2D eigenvalue weighted by Gasteiger charge is 2.35. The quantitative estimate of drug-likeness (QED) is 0.283. The molecule has 1 heterocycles. The number of nitrogens with one attached hydrogen (secondary N) is 2. The summed E-state index contributed by atoms with van der Waals surface area (Å²) >= 11 is 0. The fourth-order valence-electron chi connectivity index (χ4n) is 2.80. The van der Waals surface area contributed by atoms with Crippen molar-refractivity contribution in [3.63, 3.8) is 0 Å². The molecule has 1 aromatic heterocycles. The number of benzene rings is 2. The van der Waals surface area contributed by atoms with Crippen molar-refractivity contribution in [3.8, 4) is 0 Å². The third-order valence-electron chi connectivity index (χ3n) is 4.51. The average molecular weight is 465 g/mol. The van der Waals surface area contributed by atoms with Crippen LogP contribution >= 0.6 is 7.14 Å². The second-order valence-corrected chi connectivity index (χ2v) is 10.6. The largest absolute Gasteiger partial charge is 0.421 e. The number of halogens is 3. The van der Waals surface area contributed by atoms with Gasteiger partial charge in [-0.3, -0.25) is 10.1 Å². The maximum absolute atomic E-state index is 13.5. The lowest BCUT2D eigenvalue weighted by Gasteiger charge is -2.15. The number of anilines is 4. The summed E-state index contributed by atoms with van der Waals surface area (Å²) in [7, 11) is -2.45. The molecule has 0 aliphatic heterocycles. The summed E-state index contributed by atoms with van der Waals surface area (Å²) in [6, 6.07) is 10.5. The van der Waals surface area contributed by atoms with Gasteiger partial charge in [-0.25, -0.2) is 4.98 Å². The van der Waals surface area contributed by atoms with E-state index in [-0.39, 0.29) is 17.3 Å². The third-order valence-corrected chi connectivity index (χ3v) is 6.05. The van der Waals surface area contributed by atoms with Crippen molar-refractivity contribution >= 4 is 41.3 Å². The summed E-state index contributed by atoms with van der Waals surface area (Å²) in [5.41, 5.74) is -0.434. The van der Waals surface area contributed by atoms with Gasteiger partial charge in [-0.05, 0) is 50.6 Å². The standard InChI is InChI=1S/C20H19F3N5O3P/c1-12-4-5-14(10-17(12)28(29)30)25-18-16(20(21,22)23)11-24-19(27-18)26-13-6-8-15(9-7-13)32(2,3)31/h4-11H,1-3H3,(H2,24,25,26,27). The van der Waals surface area contributed by atoms with Gasteiger partial charge in [-0.15, -0.1) is 0 Å². The molecule has 3 aromatic rings. The van der Waals surface area contributed by atoms with Crippen LogP contribution in [0, 0.1) is 17.0 Å². The predicted molar refractivity (Wildman–Crippen MR) is 117 cm³/mol. The van der Waals surface area contributed by atoms with E-state index in [9.17, 15) is 27.9 Å². The number of nitro groups is 1. The molecule has 168 valence electrons. The van der Waals surface area contributed by atoms with Gasteiger partial charge in [0.2, 0.25) is 5.95 Å². The number of hydrogen-bond donors (Lipinski definition) is 2. The van der Waals surface area contributed by atoms with Crippen LogP contribution in [0.5, 0.6) is 0 Å². The van der Waals surface area contributed by atoms with Crippen LogP contribution in [0.1, 0.15) is 11.1 Å². The number of alkyl halides is 3. The minimum Gasteiger partial charge on any atom is -0.339 e. The Balaban J connectivity index is 1.95. The smallest absolute Gasteiger partial charge is 0.339 e. The molecule has 0 saturated carbocycles. The monoisotopic (exact) mass is 465 g/mol. The molecule has 0 fully saturated rings. The van der Waals surface area contributed by atoms with Crippen LogP contribution in [-0.2, 0) is 10.7 Å². The molecule has 0 radical (unpaired) electrons. The van der Waals surface area contributed by atoms with Crippen LogP contribution in [0.3, 0.4) is 0 Å². The van der Waals surface area contributed by atoms with Gasteiger partial charge < -0.3 is 15.2 Å². The first-order chi connectivity index (χ1) is 14.8. The zero-order valence-corrected chi connectivity index (χ0v) is 18.2. The van der Waals surface area contributed by atoms with E-state index >= 15 is 0 Å². The lowest BCUT2D eigenvalue weighted by molar-refractivity contribution is -0.385. The van der Waals surface area contributed by atoms with Crippen molar-refractivity contribution in [2.75, 3.05) is 24.0 Å². The predicted octanol–water partition coefficient (Wildman–Crippen LogP) is 5.45. The van der Waals surface area contributed by atoms with E-state index in [4.69, 9.17) is 0 Å². The fourth-order valence-corrected chi connectivity index (χ4v) is 3.67. The van der Waals surface area contributed by atoms with Crippen molar-refractivity contribution in [1.82, 2.24) is 9.97 Å². The summed E-state index contributed by atoms with van der Waals surface area (Å²) < 4.78 is 52.5. The Kier molecular flexibility index (Phi) is 6.23. The topological polar surface area (TPSA) is 110 Å². The molecule has 3 rings (SSSR count). The van der Waals surface area contributed by atoms with E-state index in [0.717, 1.165) is 6.07 Å². The molecule has 0 atom stereocenters. The minimum absolute atomic E-state index is 0.0726. The number of hydrogen-bond acceptors (Lipinski definition) is 7. The number of nitrogens with zero attached hydrogens (tertiary/aromatic N) is 3. The van der Waals surface area contributed by atoms with Crippen molar-refractivity contribution in [1.29, 1.82) is 0 Å². The van der Waals surface area contributed by atoms with E-state index in [1.807, 2.05) is 0 Å². The fraction of sp³-hybridized carbons (Fsp3) is 0.200. The van der Waals surface area contributed by atoms with Gasteiger partial charge in [0.25, 0.3) is 5.69 Å². The summed E-state index contributed by atoms with van der Waals surface area (Å²) in [4.78, 5) is 18.2. The SMILES string of the molecule is Cc1ccc(Nc2nc(Nc3ccc(P(C)(C)=O)cc3)ncc2C(F)(F)F)cc1[N+](=O)[O-]. The van der Waals surface area contributed by atoms with E-state index in [0.29, 0.717) is 22.8 Å². The van der Waals surface area contributed by atoms with E-state index in [1.165, 1.54) is 19.1 Å². The zero-order chi connectivity index (χ0) is 23.7. The molecule has 0 unspecified atom stereocenters. The molecular formula is C20H19F3N5O3P. The zero-order valence-electron chi connectivity index (χ0n) is 17.3. The lowest BCUT2D eigenvalue weighted by atomic mass is 10.2. The Bertz CT molecular complexity index is 1210. The van der Waals surface area contributed by atoms with Gasteiger partial charge in [-0.2, -0.15) is 18.2 Å². The maximum Gasteiger partial charge on any atom is 0.421 e. The summed E-state index contributed by atoms with van der Waals surface area (Å²) in [6.07, 6.45) is -4.12. The molecule has 0 amide bonds. The highest BCUT2D eigenvalue weighted by atomic mass is 31.2. The first kappa shape index (κ1) is 23.2. The molecule has 0 aliphatic rings. The van der Waals surface area contributed by atoms with Crippen LogP contribution in [-0.4, -0.2) is 28.2 Å².